The van der Waals surface area contributed by atoms with Crippen LogP contribution in [-0.4, -0.2) is 17.0 Å². The number of ether oxygens (including phenoxy) is 1. The summed E-state index contributed by atoms with van der Waals surface area (Å²) in [4.78, 5) is 8.37. The molecule has 0 aliphatic carbocycles. The van der Waals surface area contributed by atoms with Crippen molar-refractivity contribution in [3.63, 3.8) is 0 Å². The van der Waals surface area contributed by atoms with Crippen LogP contribution in [-0.2, 0) is 6.42 Å². The Hall–Kier alpha value is -2.17. The molecule has 1 aromatic heterocycles. The summed E-state index contributed by atoms with van der Waals surface area (Å²) in [7, 11) is 1.81. The average molecular weight is 275 g/mol. The van der Waals surface area contributed by atoms with E-state index in [-0.39, 0.29) is 5.82 Å². The second-order valence-electron chi connectivity index (χ2n) is 4.52. The van der Waals surface area contributed by atoms with Gasteiger partial charge in [0, 0.05) is 7.05 Å². The van der Waals surface area contributed by atoms with Gasteiger partial charge in [-0.1, -0.05) is 13.3 Å². The lowest BCUT2D eigenvalue weighted by molar-refractivity contribution is 0.452. The van der Waals surface area contributed by atoms with Crippen LogP contribution in [0, 0.1) is 12.7 Å². The summed E-state index contributed by atoms with van der Waals surface area (Å²) in [6, 6.07) is 4.65. The fourth-order valence-corrected chi connectivity index (χ4v) is 1.97. The molecule has 106 valence electrons. The molecule has 2 rings (SSSR count). The number of hydrogen-bond acceptors (Lipinski definition) is 4. The maximum Gasteiger partial charge on any atom is 0.227 e. The highest BCUT2D eigenvalue weighted by molar-refractivity contribution is 5.49. The van der Waals surface area contributed by atoms with E-state index in [2.05, 4.69) is 22.2 Å². The minimum absolute atomic E-state index is 0.246. The zero-order chi connectivity index (χ0) is 14.5. The van der Waals surface area contributed by atoms with Gasteiger partial charge in [0.15, 0.2) is 0 Å². The second kappa shape index (κ2) is 6.32. The molecule has 0 bridgehead atoms. The number of hydrogen-bond donors (Lipinski definition) is 1. The number of aromatic nitrogens is 2. The van der Waals surface area contributed by atoms with E-state index in [0.717, 1.165) is 24.2 Å². The number of aryl methyl sites for hydroxylation is 1. The van der Waals surface area contributed by atoms with Crippen molar-refractivity contribution in [2.24, 2.45) is 0 Å². The molecule has 0 radical (unpaired) electrons. The van der Waals surface area contributed by atoms with Gasteiger partial charge in [0.2, 0.25) is 5.88 Å². The Labute approximate surface area is 118 Å². The first-order valence-corrected chi connectivity index (χ1v) is 6.61. The topological polar surface area (TPSA) is 47.0 Å². The van der Waals surface area contributed by atoms with Crippen LogP contribution in [0.4, 0.5) is 10.2 Å². The Morgan fingerprint density at radius 1 is 1.30 bits per heavy atom. The molecule has 20 heavy (non-hydrogen) atoms. The molecule has 0 saturated heterocycles. The van der Waals surface area contributed by atoms with Gasteiger partial charge in [-0.05, 0) is 37.1 Å². The van der Waals surface area contributed by atoms with Crippen LogP contribution < -0.4 is 10.1 Å². The molecule has 0 unspecified atom stereocenters. The van der Waals surface area contributed by atoms with Crippen molar-refractivity contribution in [3.8, 4) is 11.6 Å². The summed E-state index contributed by atoms with van der Waals surface area (Å²) in [5, 5.41) is 3.04. The predicted molar refractivity (Wildman–Crippen MR) is 76.8 cm³/mol. The smallest absolute Gasteiger partial charge is 0.227 e. The van der Waals surface area contributed by atoms with Crippen molar-refractivity contribution in [2.75, 3.05) is 12.4 Å². The maximum atomic E-state index is 13.3. The zero-order valence-electron chi connectivity index (χ0n) is 11.9. The Morgan fingerprint density at radius 3 is 2.75 bits per heavy atom. The highest BCUT2D eigenvalue weighted by Gasteiger charge is 2.12. The number of halogens is 1. The number of nitrogens with one attached hydrogen (secondary N) is 1. The summed E-state index contributed by atoms with van der Waals surface area (Å²) in [6.45, 7) is 3.78. The van der Waals surface area contributed by atoms with Crippen LogP contribution in [0.25, 0.3) is 0 Å². The van der Waals surface area contributed by atoms with Crippen LogP contribution in [0.15, 0.2) is 24.5 Å². The lowest BCUT2D eigenvalue weighted by Gasteiger charge is -2.13. The first-order valence-electron chi connectivity index (χ1n) is 6.61. The monoisotopic (exact) mass is 275 g/mol. The molecular formula is C15H18FN3O. The van der Waals surface area contributed by atoms with Crippen molar-refractivity contribution in [1.29, 1.82) is 0 Å². The predicted octanol–water partition coefficient (Wildman–Crippen LogP) is 3.71. The van der Waals surface area contributed by atoms with E-state index in [0.29, 0.717) is 17.2 Å². The molecule has 1 aromatic carbocycles. The van der Waals surface area contributed by atoms with E-state index in [4.69, 9.17) is 4.74 Å². The van der Waals surface area contributed by atoms with Crippen molar-refractivity contribution in [2.45, 2.75) is 26.7 Å². The largest absolute Gasteiger partial charge is 0.439 e. The van der Waals surface area contributed by atoms with E-state index < -0.39 is 0 Å². The Morgan fingerprint density at radius 2 is 2.10 bits per heavy atom. The highest BCUT2D eigenvalue weighted by atomic mass is 19.1. The molecule has 0 saturated carbocycles. The third kappa shape index (κ3) is 3.04. The number of anilines is 1. The number of benzene rings is 1. The minimum atomic E-state index is -0.246. The molecule has 0 atom stereocenters. The van der Waals surface area contributed by atoms with Gasteiger partial charge in [0.1, 0.15) is 23.7 Å². The molecule has 0 amide bonds. The summed E-state index contributed by atoms with van der Waals surface area (Å²) >= 11 is 0. The number of rotatable bonds is 5. The van der Waals surface area contributed by atoms with E-state index in [1.54, 1.807) is 19.1 Å². The van der Waals surface area contributed by atoms with Crippen LogP contribution in [0.3, 0.4) is 0 Å². The van der Waals surface area contributed by atoms with Gasteiger partial charge in [-0.25, -0.2) is 14.4 Å². The van der Waals surface area contributed by atoms with Gasteiger partial charge in [-0.15, -0.1) is 0 Å². The van der Waals surface area contributed by atoms with Gasteiger partial charge in [0.25, 0.3) is 0 Å². The van der Waals surface area contributed by atoms with E-state index in [9.17, 15) is 4.39 Å². The van der Waals surface area contributed by atoms with Crippen LogP contribution in [0.5, 0.6) is 11.6 Å². The first-order chi connectivity index (χ1) is 9.65. The third-order valence-electron chi connectivity index (χ3n) is 2.99. The van der Waals surface area contributed by atoms with Gasteiger partial charge in [-0.2, -0.15) is 0 Å². The molecule has 0 aliphatic heterocycles. The molecule has 1 N–H and O–H groups in total. The fraction of sp³-hybridized carbons (Fsp3) is 0.333. The molecule has 2 aromatic rings. The van der Waals surface area contributed by atoms with E-state index in [1.165, 1.54) is 12.4 Å². The van der Waals surface area contributed by atoms with Crippen LogP contribution >= 0.6 is 0 Å². The molecule has 0 spiro atoms. The van der Waals surface area contributed by atoms with Gasteiger partial charge in [0.05, 0.1) is 5.56 Å². The average Bonchev–Trinajstić information content (AvgIpc) is 2.45. The normalized spacial score (nSPS) is 10.4. The van der Waals surface area contributed by atoms with E-state index in [1.807, 2.05) is 7.05 Å². The molecular weight excluding hydrogens is 257 g/mol. The Kier molecular flexibility index (Phi) is 4.50. The van der Waals surface area contributed by atoms with Crippen molar-refractivity contribution >= 4 is 5.82 Å². The summed E-state index contributed by atoms with van der Waals surface area (Å²) in [5.74, 6) is 1.60. The molecule has 4 nitrogen and oxygen atoms in total. The van der Waals surface area contributed by atoms with Crippen LogP contribution in [0.1, 0.15) is 24.5 Å². The first kappa shape index (κ1) is 14.2. The van der Waals surface area contributed by atoms with Crippen LogP contribution in [0.2, 0.25) is 0 Å². The van der Waals surface area contributed by atoms with Gasteiger partial charge >= 0.3 is 0 Å². The molecule has 5 heteroatoms. The summed E-state index contributed by atoms with van der Waals surface area (Å²) in [6.07, 6.45) is 3.23. The SMILES string of the molecule is CCCc1c(NC)ncnc1Oc1ccc(F)c(C)c1. The third-order valence-corrected chi connectivity index (χ3v) is 2.99. The standard InChI is InChI=1S/C15H18FN3O/c1-4-5-12-14(17-3)18-9-19-15(12)20-11-6-7-13(16)10(2)8-11/h6-9H,4-5H2,1-3H3,(H,17,18,19). The fourth-order valence-electron chi connectivity index (χ4n) is 1.97. The van der Waals surface area contributed by atoms with Crippen molar-refractivity contribution in [3.05, 3.63) is 41.5 Å². The Balaban J connectivity index is 2.34. The van der Waals surface area contributed by atoms with Gasteiger partial charge in [-0.3, -0.25) is 0 Å². The van der Waals surface area contributed by atoms with Crippen molar-refractivity contribution in [1.82, 2.24) is 9.97 Å². The summed E-state index contributed by atoms with van der Waals surface area (Å²) in [5.41, 5.74) is 1.47. The molecule has 0 fully saturated rings. The van der Waals surface area contributed by atoms with Gasteiger partial charge < -0.3 is 10.1 Å². The van der Waals surface area contributed by atoms with E-state index >= 15 is 0 Å². The van der Waals surface area contributed by atoms with Crippen molar-refractivity contribution < 1.29 is 9.13 Å². The lowest BCUT2D eigenvalue weighted by Crippen LogP contribution is -2.03. The highest BCUT2D eigenvalue weighted by Crippen LogP contribution is 2.28. The molecule has 1 heterocycles. The zero-order valence-corrected chi connectivity index (χ0v) is 11.9. The maximum absolute atomic E-state index is 13.3. The molecule has 0 aliphatic rings. The minimum Gasteiger partial charge on any atom is -0.439 e. The quantitative estimate of drug-likeness (QED) is 0.903. The summed E-state index contributed by atoms with van der Waals surface area (Å²) < 4.78 is 19.0. The number of nitrogens with zero attached hydrogens (tertiary/aromatic N) is 2. The Bertz CT molecular complexity index is 602. The second-order valence-corrected chi connectivity index (χ2v) is 4.52. The lowest BCUT2D eigenvalue weighted by atomic mass is 10.1.